The normalized spacial score (nSPS) is 11.2. The maximum absolute atomic E-state index is 6.05. The highest BCUT2D eigenvalue weighted by Gasteiger charge is 2.09. The summed E-state index contributed by atoms with van der Waals surface area (Å²) in [5.74, 6) is 0. The van der Waals surface area contributed by atoms with Gasteiger partial charge in [-0.25, -0.2) is 0 Å². The van der Waals surface area contributed by atoms with Crippen molar-refractivity contribution in [2.24, 2.45) is 0 Å². The molecule has 0 bridgehead atoms. The van der Waals surface area contributed by atoms with Crippen molar-refractivity contribution in [2.75, 3.05) is 12.8 Å². The minimum Gasteiger partial charge on any atom is -0.398 e. The van der Waals surface area contributed by atoms with Gasteiger partial charge in [0.1, 0.15) is 0 Å². The van der Waals surface area contributed by atoms with Crippen molar-refractivity contribution < 1.29 is 0 Å². The molecule has 0 atom stereocenters. The molecule has 0 aliphatic rings. The highest BCUT2D eigenvalue weighted by molar-refractivity contribution is 9.11. The van der Waals surface area contributed by atoms with Crippen LogP contribution < -0.4 is 5.73 Å². The van der Waals surface area contributed by atoms with E-state index in [4.69, 9.17) is 5.73 Å². The Labute approximate surface area is 126 Å². The zero-order chi connectivity index (χ0) is 14.0. The molecule has 2 rings (SSSR count). The number of anilines is 1. The molecule has 2 aromatic heterocycles. The predicted molar refractivity (Wildman–Crippen MR) is 85.3 cm³/mol. The molecule has 3 nitrogen and oxygen atoms in total. The predicted octanol–water partition coefficient (Wildman–Crippen LogP) is 3.74. The smallest absolute Gasteiger partial charge is 0.0701 e. The molecule has 0 aromatic carbocycles. The molecular weight excluding hydrogens is 322 g/mol. The first-order chi connectivity index (χ1) is 8.97. The van der Waals surface area contributed by atoms with Gasteiger partial charge in [-0.15, -0.1) is 11.3 Å². The Morgan fingerprint density at radius 1 is 1.37 bits per heavy atom. The molecule has 0 unspecified atom stereocenters. The Morgan fingerprint density at radius 2 is 2.11 bits per heavy atom. The standard InChI is InChI=1S/C14H18BrN3S/c1-9-5-17-12(10(2)14(9)16)7-18(3)6-11-4-13(15)19-8-11/h4-5,8H,6-7H2,1-3H3,(H2,16,17). The summed E-state index contributed by atoms with van der Waals surface area (Å²) in [5.41, 5.74) is 11.4. The fourth-order valence-corrected chi connectivity index (χ4v) is 3.20. The Hall–Kier alpha value is -0.910. The van der Waals surface area contributed by atoms with Crippen molar-refractivity contribution >= 4 is 33.0 Å². The fraction of sp³-hybridized carbons (Fsp3) is 0.357. The van der Waals surface area contributed by atoms with Gasteiger partial charge in [-0.1, -0.05) is 0 Å². The van der Waals surface area contributed by atoms with Gasteiger partial charge < -0.3 is 5.73 Å². The molecule has 0 aliphatic carbocycles. The number of nitrogen functional groups attached to an aromatic ring is 1. The number of nitrogens with two attached hydrogens (primary N) is 1. The summed E-state index contributed by atoms with van der Waals surface area (Å²) in [4.78, 5) is 6.75. The molecule has 5 heteroatoms. The topological polar surface area (TPSA) is 42.2 Å². The molecule has 19 heavy (non-hydrogen) atoms. The van der Waals surface area contributed by atoms with E-state index in [0.29, 0.717) is 0 Å². The SMILES string of the molecule is Cc1cnc(CN(C)Cc2csc(Br)c2)c(C)c1N. The van der Waals surface area contributed by atoms with Gasteiger partial charge >= 0.3 is 0 Å². The second-order valence-corrected chi connectivity index (χ2v) is 7.15. The number of nitrogens with zero attached hydrogens (tertiary/aromatic N) is 2. The van der Waals surface area contributed by atoms with E-state index in [9.17, 15) is 0 Å². The minimum atomic E-state index is 0.809. The largest absolute Gasteiger partial charge is 0.398 e. The van der Waals surface area contributed by atoms with Crippen molar-refractivity contribution in [2.45, 2.75) is 26.9 Å². The first-order valence-electron chi connectivity index (χ1n) is 6.09. The molecular formula is C14H18BrN3S. The fourth-order valence-electron chi connectivity index (χ4n) is 2.00. The average molecular weight is 340 g/mol. The molecule has 0 radical (unpaired) electrons. The summed E-state index contributed by atoms with van der Waals surface area (Å²) in [5, 5.41) is 2.17. The Kier molecular flexibility index (Phi) is 4.60. The lowest BCUT2D eigenvalue weighted by Crippen LogP contribution is -2.19. The van der Waals surface area contributed by atoms with E-state index in [1.54, 1.807) is 11.3 Å². The highest BCUT2D eigenvalue weighted by Crippen LogP contribution is 2.23. The van der Waals surface area contributed by atoms with Gasteiger partial charge in [0.05, 0.1) is 9.48 Å². The summed E-state index contributed by atoms with van der Waals surface area (Å²) in [6.07, 6.45) is 1.85. The lowest BCUT2D eigenvalue weighted by atomic mass is 10.1. The molecule has 0 saturated carbocycles. The van der Waals surface area contributed by atoms with Crippen LogP contribution in [0, 0.1) is 13.8 Å². The molecule has 2 N–H and O–H groups in total. The average Bonchev–Trinajstić information content (AvgIpc) is 2.75. The maximum Gasteiger partial charge on any atom is 0.0701 e. The van der Waals surface area contributed by atoms with Gasteiger partial charge in [0.15, 0.2) is 0 Å². The van der Waals surface area contributed by atoms with E-state index in [0.717, 1.165) is 35.6 Å². The highest BCUT2D eigenvalue weighted by atomic mass is 79.9. The van der Waals surface area contributed by atoms with Crippen LogP contribution in [0.15, 0.2) is 21.4 Å². The summed E-state index contributed by atoms with van der Waals surface area (Å²) in [7, 11) is 2.10. The number of aryl methyl sites for hydroxylation is 1. The third-order valence-electron chi connectivity index (χ3n) is 3.17. The summed E-state index contributed by atoms with van der Waals surface area (Å²) < 4.78 is 1.17. The van der Waals surface area contributed by atoms with Gasteiger partial charge in [-0.2, -0.15) is 0 Å². The monoisotopic (exact) mass is 339 g/mol. The summed E-state index contributed by atoms with van der Waals surface area (Å²) in [6, 6.07) is 2.16. The zero-order valence-electron chi connectivity index (χ0n) is 11.4. The van der Waals surface area contributed by atoms with Crippen molar-refractivity contribution in [1.29, 1.82) is 0 Å². The molecule has 0 amide bonds. The van der Waals surface area contributed by atoms with Crippen molar-refractivity contribution in [3.63, 3.8) is 0 Å². The van der Waals surface area contributed by atoms with E-state index in [1.165, 1.54) is 9.35 Å². The van der Waals surface area contributed by atoms with E-state index in [2.05, 4.69) is 44.3 Å². The number of hydrogen-bond acceptors (Lipinski definition) is 4. The lowest BCUT2D eigenvalue weighted by molar-refractivity contribution is 0.315. The van der Waals surface area contributed by atoms with Crippen LogP contribution in [0.1, 0.15) is 22.4 Å². The molecule has 2 heterocycles. The van der Waals surface area contributed by atoms with Crippen LogP contribution in [0.3, 0.4) is 0 Å². The molecule has 102 valence electrons. The van der Waals surface area contributed by atoms with Crippen molar-refractivity contribution in [1.82, 2.24) is 9.88 Å². The molecule has 0 fully saturated rings. The molecule has 0 aliphatic heterocycles. The number of aromatic nitrogens is 1. The van der Waals surface area contributed by atoms with E-state index >= 15 is 0 Å². The van der Waals surface area contributed by atoms with Crippen LogP contribution in [0.25, 0.3) is 0 Å². The number of hydrogen-bond donors (Lipinski definition) is 1. The molecule has 0 spiro atoms. The number of halogens is 1. The van der Waals surface area contributed by atoms with Crippen LogP contribution in [0.4, 0.5) is 5.69 Å². The number of thiophene rings is 1. The zero-order valence-corrected chi connectivity index (χ0v) is 13.8. The van der Waals surface area contributed by atoms with Crippen LogP contribution >= 0.6 is 27.3 Å². The van der Waals surface area contributed by atoms with Gasteiger partial charge in [0, 0.05) is 25.0 Å². The Balaban J connectivity index is 2.07. The molecule has 0 saturated heterocycles. The number of pyridine rings is 1. The third-order valence-corrected chi connectivity index (χ3v) is 4.72. The van der Waals surface area contributed by atoms with Crippen LogP contribution in [0.2, 0.25) is 0 Å². The van der Waals surface area contributed by atoms with Crippen molar-refractivity contribution in [3.8, 4) is 0 Å². The first kappa shape index (κ1) is 14.5. The molecule has 2 aromatic rings. The van der Waals surface area contributed by atoms with Crippen LogP contribution in [-0.2, 0) is 13.1 Å². The van der Waals surface area contributed by atoms with Crippen LogP contribution in [0.5, 0.6) is 0 Å². The second kappa shape index (κ2) is 6.03. The first-order valence-corrected chi connectivity index (χ1v) is 7.76. The minimum absolute atomic E-state index is 0.809. The van der Waals surface area contributed by atoms with Crippen LogP contribution in [-0.4, -0.2) is 16.9 Å². The third kappa shape index (κ3) is 3.55. The Morgan fingerprint density at radius 3 is 2.74 bits per heavy atom. The van der Waals surface area contributed by atoms with E-state index in [-0.39, 0.29) is 0 Å². The van der Waals surface area contributed by atoms with E-state index in [1.807, 2.05) is 20.0 Å². The quantitative estimate of drug-likeness (QED) is 0.922. The summed E-state index contributed by atoms with van der Waals surface area (Å²) >= 11 is 5.20. The number of rotatable bonds is 4. The van der Waals surface area contributed by atoms with Gasteiger partial charge in [0.25, 0.3) is 0 Å². The maximum atomic E-state index is 6.05. The van der Waals surface area contributed by atoms with Gasteiger partial charge in [-0.3, -0.25) is 9.88 Å². The second-order valence-electron chi connectivity index (χ2n) is 4.86. The Bertz CT molecular complexity index is 580. The van der Waals surface area contributed by atoms with Crippen molar-refractivity contribution in [3.05, 3.63) is 43.8 Å². The van der Waals surface area contributed by atoms with Gasteiger partial charge in [-0.05, 0) is 65.0 Å². The van der Waals surface area contributed by atoms with E-state index < -0.39 is 0 Å². The lowest BCUT2D eigenvalue weighted by Gasteiger charge is -2.18. The van der Waals surface area contributed by atoms with Gasteiger partial charge in [0.2, 0.25) is 0 Å². The summed E-state index contributed by atoms with van der Waals surface area (Å²) in [6.45, 7) is 5.76.